The molecule has 2 nitrogen and oxygen atoms in total. The predicted octanol–water partition coefficient (Wildman–Crippen LogP) is 4.29. The lowest BCUT2D eigenvalue weighted by Crippen LogP contribution is -2.58. The van der Waals surface area contributed by atoms with Gasteiger partial charge in [-0.15, -0.1) is 0 Å². The number of hydrogen-bond donors (Lipinski definition) is 2. The molecule has 0 radical (unpaired) electrons. The summed E-state index contributed by atoms with van der Waals surface area (Å²) < 4.78 is 0. The summed E-state index contributed by atoms with van der Waals surface area (Å²) in [6.45, 7) is 6.90. The third-order valence-electron chi connectivity index (χ3n) is 8.05. The quantitative estimate of drug-likeness (QED) is 0.798. The summed E-state index contributed by atoms with van der Waals surface area (Å²) in [4.78, 5) is 0. The van der Waals surface area contributed by atoms with Gasteiger partial charge in [0.05, 0.1) is 11.7 Å². The molecule has 3 rings (SSSR count). The van der Waals surface area contributed by atoms with Crippen molar-refractivity contribution in [3.05, 3.63) is 0 Å². The SMILES string of the molecule is CC[C@@H]1CCCC[C@]1(C)[C@H]1C[C@@H](O)[C@]2(C)CCC[C@]2(O)C1. The van der Waals surface area contributed by atoms with Crippen molar-refractivity contribution in [3.8, 4) is 0 Å². The Morgan fingerprint density at radius 1 is 1.05 bits per heavy atom. The molecule has 0 aromatic carbocycles. The Morgan fingerprint density at radius 2 is 1.81 bits per heavy atom. The number of fused-ring (bicyclic) bond motifs is 1. The Morgan fingerprint density at radius 3 is 2.52 bits per heavy atom. The van der Waals surface area contributed by atoms with Gasteiger partial charge in [-0.3, -0.25) is 0 Å². The molecule has 21 heavy (non-hydrogen) atoms. The van der Waals surface area contributed by atoms with Crippen LogP contribution in [0.3, 0.4) is 0 Å². The van der Waals surface area contributed by atoms with E-state index in [0.29, 0.717) is 11.3 Å². The van der Waals surface area contributed by atoms with Crippen LogP contribution < -0.4 is 0 Å². The van der Waals surface area contributed by atoms with Crippen LogP contribution in [-0.4, -0.2) is 21.9 Å². The summed E-state index contributed by atoms with van der Waals surface area (Å²) in [7, 11) is 0. The summed E-state index contributed by atoms with van der Waals surface area (Å²) in [5, 5.41) is 22.1. The van der Waals surface area contributed by atoms with E-state index in [4.69, 9.17) is 0 Å². The summed E-state index contributed by atoms with van der Waals surface area (Å²) >= 11 is 0. The molecular weight excluding hydrogens is 260 g/mol. The lowest BCUT2D eigenvalue weighted by Gasteiger charge is -2.56. The van der Waals surface area contributed by atoms with E-state index in [2.05, 4.69) is 20.8 Å². The van der Waals surface area contributed by atoms with Crippen LogP contribution in [0.4, 0.5) is 0 Å². The third-order valence-corrected chi connectivity index (χ3v) is 8.05. The standard InChI is InChI=1S/C19H34O2/c1-4-14-8-5-6-9-17(14,2)15-12-16(20)18(3)10-7-11-19(18,21)13-15/h14-16,20-21H,4-13H2,1-3H3/t14-,15+,16-,17+,18+,19+/m1/s1. The molecule has 0 aliphatic heterocycles. The van der Waals surface area contributed by atoms with Crippen molar-refractivity contribution in [2.45, 2.75) is 96.7 Å². The van der Waals surface area contributed by atoms with Crippen LogP contribution in [-0.2, 0) is 0 Å². The van der Waals surface area contributed by atoms with Crippen molar-refractivity contribution in [2.75, 3.05) is 0 Å². The molecule has 0 unspecified atom stereocenters. The lowest BCUT2D eigenvalue weighted by atomic mass is 9.51. The van der Waals surface area contributed by atoms with Crippen molar-refractivity contribution in [1.29, 1.82) is 0 Å². The molecule has 3 fully saturated rings. The summed E-state index contributed by atoms with van der Waals surface area (Å²) in [5.41, 5.74) is -0.544. The van der Waals surface area contributed by atoms with E-state index < -0.39 is 5.60 Å². The summed E-state index contributed by atoms with van der Waals surface area (Å²) in [6.07, 6.45) is 11.0. The van der Waals surface area contributed by atoms with Gasteiger partial charge in [-0.25, -0.2) is 0 Å². The molecule has 0 amide bonds. The maximum atomic E-state index is 11.3. The van der Waals surface area contributed by atoms with Gasteiger partial charge in [-0.1, -0.05) is 40.0 Å². The second-order valence-electron chi connectivity index (χ2n) is 8.81. The van der Waals surface area contributed by atoms with E-state index in [-0.39, 0.29) is 11.5 Å². The highest BCUT2D eigenvalue weighted by atomic mass is 16.3. The van der Waals surface area contributed by atoms with Crippen molar-refractivity contribution >= 4 is 0 Å². The fourth-order valence-electron chi connectivity index (χ4n) is 6.24. The van der Waals surface area contributed by atoms with Gasteiger partial charge in [0.2, 0.25) is 0 Å². The topological polar surface area (TPSA) is 40.5 Å². The molecule has 3 aliphatic carbocycles. The van der Waals surface area contributed by atoms with Crippen LogP contribution >= 0.6 is 0 Å². The van der Waals surface area contributed by atoms with Crippen LogP contribution in [0.5, 0.6) is 0 Å². The number of aliphatic hydroxyl groups is 2. The van der Waals surface area contributed by atoms with E-state index >= 15 is 0 Å². The van der Waals surface area contributed by atoms with Gasteiger partial charge in [-0.2, -0.15) is 0 Å². The van der Waals surface area contributed by atoms with Crippen molar-refractivity contribution in [3.63, 3.8) is 0 Å². The molecule has 0 bridgehead atoms. The minimum atomic E-state index is -0.617. The molecule has 0 saturated heterocycles. The fourth-order valence-corrected chi connectivity index (χ4v) is 6.24. The Labute approximate surface area is 130 Å². The molecule has 0 spiro atoms. The Kier molecular flexibility index (Phi) is 3.94. The first-order chi connectivity index (χ1) is 9.86. The van der Waals surface area contributed by atoms with E-state index in [1.165, 1.54) is 32.1 Å². The van der Waals surface area contributed by atoms with Crippen LogP contribution in [0.25, 0.3) is 0 Å². The fraction of sp³-hybridized carbons (Fsp3) is 1.00. The first-order valence-electron chi connectivity index (χ1n) is 9.26. The Bertz CT molecular complexity index is 395. The molecule has 3 aliphatic rings. The van der Waals surface area contributed by atoms with E-state index in [1.807, 2.05) is 0 Å². The van der Waals surface area contributed by atoms with Gasteiger partial charge in [0.25, 0.3) is 0 Å². The lowest BCUT2D eigenvalue weighted by molar-refractivity contribution is -0.182. The van der Waals surface area contributed by atoms with E-state index in [9.17, 15) is 10.2 Å². The average Bonchev–Trinajstić information content (AvgIpc) is 2.76. The minimum Gasteiger partial charge on any atom is -0.392 e. The molecule has 0 aromatic rings. The summed E-state index contributed by atoms with van der Waals surface area (Å²) in [5.74, 6) is 1.27. The maximum Gasteiger partial charge on any atom is 0.0728 e. The van der Waals surface area contributed by atoms with Crippen molar-refractivity contribution in [2.24, 2.45) is 22.7 Å². The van der Waals surface area contributed by atoms with Crippen molar-refractivity contribution < 1.29 is 10.2 Å². The van der Waals surface area contributed by atoms with Crippen LogP contribution in [0.15, 0.2) is 0 Å². The van der Waals surface area contributed by atoms with Gasteiger partial charge in [0.15, 0.2) is 0 Å². The van der Waals surface area contributed by atoms with Gasteiger partial charge in [-0.05, 0) is 62.2 Å². The molecule has 0 heterocycles. The van der Waals surface area contributed by atoms with Crippen LogP contribution in [0.2, 0.25) is 0 Å². The zero-order valence-electron chi connectivity index (χ0n) is 14.2. The smallest absolute Gasteiger partial charge is 0.0728 e. The zero-order chi connectivity index (χ0) is 15.3. The maximum absolute atomic E-state index is 11.3. The van der Waals surface area contributed by atoms with Gasteiger partial charge < -0.3 is 10.2 Å². The highest BCUT2D eigenvalue weighted by Crippen LogP contribution is 2.61. The second-order valence-corrected chi connectivity index (χ2v) is 8.81. The third kappa shape index (κ3) is 2.20. The number of hydrogen-bond acceptors (Lipinski definition) is 2. The average molecular weight is 294 g/mol. The van der Waals surface area contributed by atoms with Crippen LogP contribution in [0.1, 0.15) is 85.0 Å². The molecule has 2 N–H and O–H groups in total. The van der Waals surface area contributed by atoms with Gasteiger partial charge in [0.1, 0.15) is 0 Å². The largest absolute Gasteiger partial charge is 0.392 e. The monoisotopic (exact) mass is 294 g/mol. The number of rotatable bonds is 2. The minimum absolute atomic E-state index is 0.254. The molecular formula is C19H34O2. The van der Waals surface area contributed by atoms with Crippen LogP contribution in [0, 0.1) is 22.7 Å². The summed E-state index contributed by atoms with van der Waals surface area (Å²) in [6, 6.07) is 0. The highest BCUT2D eigenvalue weighted by Gasteiger charge is 2.61. The first-order valence-corrected chi connectivity index (χ1v) is 9.26. The highest BCUT2D eigenvalue weighted by molar-refractivity contribution is 5.11. The molecule has 3 saturated carbocycles. The predicted molar refractivity (Wildman–Crippen MR) is 86.0 cm³/mol. The van der Waals surface area contributed by atoms with E-state index in [1.54, 1.807) is 0 Å². The van der Waals surface area contributed by atoms with Gasteiger partial charge in [0, 0.05) is 5.41 Å². The molecule has 6 atom stereocenters. The van der Waals surface area contributed by atoms with Gasteiger partial charge >= 0.3 is 0 Å². The zero-order valence-corrected chi connectivity index (χ0v) is 14.2. The first kappa shape index (κ1) is 15.8. The molecule has 2 heteroatoms. The molecule has 122 valence electrons. The Balaban J connectivity index is 1.87. The second kappa shape index (κ2) is 5.23. The normalized spacial score (nSPS) is 54.4. The van der Waals surface area contributed by atoms with Crippen molar-refractivity contribution in [1.82, 2.24) is 0 Å². The Hall–Kier alpha value is -0.0800. The molecule has 0 aromatic heterocycles. The number of aliphatic hydroxyl groups excluding tert-OH is 1. The van der Waals surface area contributed by atoms with E-state index in [0.717, 1.165) is 38.0 Å².